The number of rotatable bonds is 2. The molecule has 0 radical (unpaired) electrons. The van der Waals surface area contributed by atoms with E-state index in [-0.39, 0.29) is 17.5 Å². The summed E-state index contributed by atoms with van der Waals surface area (Å²) in [6.07, 6.45) is 4.13. The molecule has 1 N–H and O–H groups in total. The molecule has 0 aromatic carbocycles. The smallest absolute Gasteiger partial charge is 0.184 e. The Kier molecular flexibility index (Phi) is 2.90. The third kappa shape index (κ3) is 2.05. The van der Waals surface area contributed by atoms with Gasteiger partial charge in [0, 0.05) is 18.0 Å². The lowest BCUT2D eigenvalue weighted by Gasteiger charge is -2.27. The highest BCUT2D eigenvalue weighted by molar-refractivity contribution is 5.96. The van der Waals surface area contributed by atoms with Crippen LogP contribution in [0.25, 0.3) is 0 Å². The Morgan fingerprint density at radius 2 is 2.00 bits per heavy atom. The number of pyridine rings is 1. The predicted octanol–water partition coefficient (Wildman–Crippen LogP) is 2.24. The van der Waals surface area contributed by atoms with E-state index in [2.05, 4.69) is 10.3 Å². The summed E-state index contributed by atoms with van der Waals surface area (Å²) in [7, 11) is 0. The molecular formula is C14H17FN2O. The Labute approximate surface area is 106 Å². The summed E-state index contributed by atoms with van der Waals surface area (Å²) in [6, 6.07) is 3.82. The van der Waals surface area contributed by atoms with Gasteiger partial charge in [0.05, 0.1) is 5.69 Å². The number of aryl methyl sites for hydroxylation is 1. The molecule has 2 fully saturated rings. The van der Waals surface area contributed by atoms with Gasteiger partial charge in [0.2, 0.25) is 0 Å². The standard InChI is InChI=1S/C14H17FN2O/c1-8-12(15)4-5-13(16-8)14(18)9-6-10-2-3-11(7-9)17-10/h4-5,9-11,17H,2-3,6-7H2,1H3. The van der Waals surface area contributed by atoms with Crippen LogP contribution in [0.3, 0.4) is 0 Å². The summed E-state index contributed by atoms with van der Waals surface area (Å²) < 4.78 is 13.2. The molecule has 3 nitrogen and oxygen atoms in total. The zero-order valence-corrected chi connectivity index (χ0v) is 10.4. The number of carbonyl (C=O) groups is 1. The topological polar surface area (TPSA) is 42.0 Å². The molecule has 1 aromatic heterocycles. The molecule has 3 heterocycles. The van der Waals surface area contributed by atoms with Crippen LogP contribution >= 0.6 is 0 Å². The molecule has 0 aliphatic carbocycles. The van der Waals surface area contributed by atoms with Crippen molar-refractivity contribution in [3.05, 3.63) is 29.3 Å². The van der Waals surface area contributed by atoms with Gasteiger partial charge in [-0.3, -0.25) is 4.79 Å². The zero-order valence-electron chi connectivity index (χ0n) is 10.4. The second-order valence-corrected chi connectivity index (χ2v) is 5.43. The van der Waals surface area contributed by atoms with Gasteiger partial charge in [-0.05, 0) is 44.7 Å². The fraction of sp³-hybridized carbons (Fsp3) is 0.571. The lowest BCUT2D eigenvalue weighted by molar-refractivity contribution is 0.0870. The number of piperidine rings is 1. The molecule has 18 heavy (non-hydrogen) atoms. The summed E-state index contributed by atoms with van der Waals surface area (Å²) in [5.74, 6) is -0.213. The van der Waals surface area contributed by atoms with Crippen molar-refractivity contribution in [1.82, 2.24) is 10.3 Å². The average molecular weight is 248 g/mol. The first kappa shape index (κ1) is 11.8. The van der Waals surface area contributed by atoms with Gasteiger partial charge >= 0.3 is 0 Å². The minimum Gasteiger partial charge on any atom is -0.311 e. The highest BCUT2D eigenvalue weighted by atomic mass is 19.1. The number of fused-ring (bicyclic) bond motifs is 2. The average Bonchev–Trinajstić information content (AvgIpc) is 2.71. The molecule has 2 atom stereocenters. The van der Waals surface area contributed by atoms with Gasteiger partial charge in [-0.2, -0.15) is 0 Å². The minimum absolute atomic E-state index is 0.0566. The van der Waals surface area contributed by atoms with Crippen LogP contribution in [0.2, 0.25) is 0 Å². The summed E-state index contributed by atoms with van der Waals surface area (Å²) in [5.41, 5.74) is 0.720. The summed E-state index contributed by atoms with van der Waals surface area (Å²) in [4.78, 5) is 16.4. The van der Waals surface area contributed by atoms with Crippen LogP contribution in [0.1, 0.15) is 41.9 Å². The van der Waals surface area contributed by atoms with Crippen molar-refractivity contribution in [2.75, 3.05) is 0 Å². The third-order valence-corrected chi connectivity index (χ3v) is 4.12. The molecule has 4 heteroatoms. The van der Waals surface area contributed by atoms with Crippen LogP contribution < -0.4 is 5.32 Å². The van der Waals surface area contributed by atoms with E-state index in [4.69, 9.17) is 0 Å². The monoisotopic (exact) mass is 248 g/mol. The first-order chi connectivity index (χ1) is 8.63. The van der Waals surface area contributed by atoms with Crippen LogP contribution in [0.5, 0.6) is 0 Å². The Balaban J connectivity index is 1.79. The first-order valence-electron chi connectivity index (χ1n) is 6.57. The molecular weight excluding hydrogens is 231 g/mol. The molecule has 2 bridgehead atoms. The predicted molar refractivity (Wildman–Crippen MR) is 65.9 cm³/mol. The molecule has 2 unspecified atom stereocenters. The van der Waals surface area contributed by atoms with E-state index in [1.165, 1.54) is 25.0 Å². The number of halogens is 1. The summed E-state index contributed by atoms with van der Waals surface area (Å²) >= 11 is 0. The van der Waals surface area contributed by atoms with Gasteiger partial charge in [0.1, 0.15) is 11.5 Å². The molecule has 96 valence electrons. The van der Waals surface area contributed by atoms with Crippen molar-refractivity contribution in [2.45, 2.75) is 44.7 Å². The summed E-state index contributed by atoms with van der Waals surface area (Å²) in [6.45, 7) is 1.60. The maximum absolute atomic E-state index is 13.2. The molecule has 1 aromatic rings. The van der Waals surface area contributed by atoms with E-state index in [9.17, 15) is 9.18 Å². The molecule has 3 rings (SSSR count). The van der Waals surface area contributed by atoms with Crippen LogP contribution in [0.15, 0.2) is 12.1 Å². The number of hydrogen-bond donors (Lipinski definition) is 1. The molecule has 0 saturated carbocycles. The van der Waals surface area contributed by atoms with Crippen molar-refractivity contribution in [3.63, 3.8) is 0 Å². The molecule has 2 aliphatic heterocycles. The number of nitrogens with zero attached hydrogens (tertiary/aromatic N) is 1. The van der Waals surface area contributed by atoms with Crippen LogP contribution in [-0.2, 0) is 0 Å². The SMILES string of the molecule is Cc1nc(C(=O)C2CC3CCC(C2)N3)ccc1F. The van der Waals surface area contributed by atoms with Crippen molar-refractivity contribution < 1.29 is 9.18 Å². The van der Waals surface area contributed by atoms with Gasteiger partial charge in [0.25, 0.3) is 0 Å². The van der Waals surface area contributed by atoms with Crippen molar-refractivity contribution in [3.8, 4) is 0 Å². The van der Waals surface area contributed by atoms with Gasteiger partial charge in [-0.15, -0.1) is 0 Å². The number of Topliss-reactive ketones (excluding diaryl/α,β-unsaturated/α-hetero) is 1. The van der Waals surface area contributed by atoms with Crippen molar-refractivity contribution >= 4 is 5.78 Å². The second-order valence-electron chi connectivity index (χ2n) is 5.43. The highest BCUT2D eigenvalue weighted by Gasteiger charge is 2.37. The van der Waals surface area contributed by atoms with Crippen molar-refractivity contribution in [2.24, 2.45) is 5.92 Å². The van der Waals surface area contributed by atoms with Gasteiger partial charge in [0.15, 0.2) is 5.78 Å². The van der Waals surface area contributed by atoms with Crippen LogP contribution in [-0.4, -0.2) is 22.9 Å². The van der Waals surface area contributed by atoms with E-state index in [0.717, 1.165) is 12.8 Å². The normalized spacial score (nSPS) is 30.4. The first-order valence-corrected chi connectivity index (χ1v) is 6.57. The van der Waals surface area contributed by atoms with E-state index in [1.54, 1.807) is 6.92 Å². The molecule has 0 amide bonds. The van der Waals surface area contributed by atoms with E-state index in [0.29, 0.717) is 23.5 Å². The second kappa shape index (κ2) is 4.43. The zero-order chi connectivity index (χ0) is 12.7. The Hall–Kier alpha value is -1.29. The van der Waals surface area contributed by atoms with Gasteiger partial charge < -0.3 is 5.32 Å². The lowest BCUT2D eigenvalue weighted by Crippen LogP contribution is -2.40. The number of ketones is 1. The van der Waals surface area contributed by atoms with Crippen LogP contribution in [0, 0.1) is 18.7 Å². The number of aromatic nitrogens is 1. The quantitative estimate of drug-likeness (QED) is 0.816. The molecule has 0 spiro atoms. The van der Waals surface area contributed by atoms with E-state index in [1.807, 2.05) is 0 Å². The van der Waals surface area contributed by atoms with Gasteiger partial charge in [-0.25, -0.2) is 9.37 Å². The maximum atomic E-state index is 13.2. The summed E-state index contributed by atoms with van der Waals surface area (Å²) in [5, 5.41) is 3.51. The van der Waals surface area contributed by atoms with Crippen LogP contribution in [0.4, 0.5) is 4.39 Å². The number of nitrogens with one attached hydrogen (secondary N) is 1. The lowest BCUT2D eigenvalue weighted by atomic mass is 9.87. The van der Waals surface area contributed by atoms with E-state index >= 15 is 0 Å². The Bertz CT molecular complexity index is 477. The highest BCUT2D eigenvalue weighted by Crippen LogP contribution is 2.32. The van der Waals surface area contributed by atoms with Gasteiger partial charge in [-0.1, -0.05) is 0 Å². The molecule has 2 aliphatic rings. The minimum atomic E-state index is -0.350. The molecule has 2 saturated heterocycles. The maximum Gasteiger partial charge on any atom is 0.184 e. The fourth-order valence-corrected chi connectivity index (χ4v) is 3.16. The number of hydrogen-bond acceptors (Lipinski definition) is 3. The van der Waals surface area contributed by atoms with E-state index < -0.39 is 0 Å². The fourth-order valence-electron chi connectivity index (χ4n) is 3.16. The van der Waals surface area contributed by atoms with Crippen molar-refractivity contribution in [1.29, 1.82) is 0 Å². The number of carbonyl (C=O) groups excluding carboxylic acids is 1. The Morgan fingerprint density at radius 1 is 1.33 bits per heavy atom. The Morgan fingerprint density at radius 3 is 2.61 bits per heavy atom. The third-order valence-electron chi connectivity index (χ3n) is 4.12. The largest absolute Gasteiger partial charge is 0.311 e.